The Balaban J connectivity index is 0. The molecule has 0 amide bonds. The second-order valence-corrected chi connectivity index (χ2v) is 5.38. The number of hydrogen-bond donors (Lipinski definition) is 1. The summed E-state index contributed by atoms with van der Waals surface area (Å²) < 4.78 is 13.6. The van der Waals surface area contributed by atoms with Crippen molar-refractivity contribution in [1.29, 1.82) is 0 Å². The average molecular weight is 376 g/mol. The standard InChI is InChI=1S/C10H8BrFO2.C5H13N.C2H6/c11-9-2-1-7(3-4-13)8(6-14)5-10(9)12;1-4-6-5(2)3;1-2/h1-2,4-6,10H,3H2;5-6H,4H2,1-3H3;1-2H3. The van der Waals surface area contributed by atoms with Crippen molar-refractivity contribution in [2.24, 2.45) is 0 Å². The third-order valence-electron chi connectivity index (χ3n) is 2.45. The number of alkyl halides is 1. The molecule has 0 radical (unpaired) electrons. The van der Waals surface area contributed by atoms with E-state index in [9.17, 15) is 14.0 Å². The van der Waals surface area contributed by atoms with E-state index in [1.54, 1.807) is 6.08 Å². The van der Waals surface area contributed by atoms with E-state index in [0.717, 1.165) is 6.54 Å². The first-order valence-corrected chi connectivity index (χ1v) is 8.30. The van der Waals surface area contributed by atoms with Gasteiger partial charge < -0.3 is 10.1 Å². The lowest BCUT2D eigenvalue weighted by Crippen LogP contribution is -2.21. The number of carbonyl (C=O) groups excluding carboxylic acids is 2. The first kappa shape index (κ1) is 23.2. The Morgan fingerprint density at radius 3 is 2.27 bits per heavy atom. The van der Waals surface area contributed by atoms with E-state index in [2.05, 4.69) is 42.0 Å². The number of rotatable bonds is 5. The summed E-state index contributed by atoms with van der Waals surface area (Å²) in [6, 6.07) is 0.648. The lowest BCUT2D eigenvalue weighted by Gasteiger charge is -2.01. The van der Waals surface area contributed by atoms with Gasteiger partial charge in [-0.3, -0.25) is 4.79 Å². The van der Waals surface area contributed by atoms with Crippen LogP contribution in [0.15, 0.2) is 33.9 Å². The van der Waals surface area contributed by atoms with Gasteiger partial charge in [-0.2, -0.15) is 0 Å². The van der Waals surface area contributed by atoms with Gasteiger partial charge in [-0.05, 0) is 24.3 Å². The van der Waals surface area contributed by atoms with Gasteiger partial charge in [-0.1, -0.05) is 56.6 Å². The zero-order valence-electron chi connectivity index (χ0n) is 14.0. The summed E-state index contributed by atoms with van der Waals surface area (Å²) in [5.41, 5.74) is 0.766. The summed E-state index contributed by atoms with van der Waals surface area (Å²) in [4.78, 5) is 20.9. The highest BCUT2D eigenvalue weighted by molar-refractivity contribution is 9.11. The zero-order valence-corrected chi connectivity index (χ0v) is 15.6. The van der Waals surface area contributed by atoms with Gasteiger partial charge in [0, 0.05) is 22.5 Å². The molecule has 1 rings (SSSR count). The lowest BCUT2D eigenvalue weighted by molar-refractivity contribution is -0.107. The largest absolute Gasteiger partial charge is 0.315 e. The monoisotopic (exact) mass is 375 g/mol. The molecular weight excluding hydrogens is 349 g/mol. The summed E-state index contributed by atoms with van der Waals surface area (Å²) in [5, 5.41) is 3.21. The topological polar surface area (TPSA) is 46.2 Å². The summed E-state index contributed by atoms with van der Waals surface area (Å²) in [5.74, 6) is 0. The van der Waals surface area contributed by atoms with Crippen molar-refractivity contribution in [3.05, 3.63) is 33.9 Å². The molecule has 5 heteroatoms. The van der Waals surface area contributed by atoms with Crippen LogP contribution in [0, 0.1) is 0 Å². The van der Waals surface area contributed by atoms with Crippen molar-refractivity contribution < 1.29 is 14.0 Å². The number of carbonyl (C=O) groups is 2. The molecular formula is C17H27BrFNO2. The average Bonchev–Trinajstić information content (AvgIpc) is 2.63. The smallest absolute Gasteiger partial charge is 0.151 e. The minimum atomic E-state index is -1.32. The molecule has 0 heterocycles. The highest BCUT2D eigenvalue weighted by Gasteiger charge is 2.14. The van der Waals surface area contributed by atoms with Crippen molar-refractivity contribution in [3.63, 3.8) is 0 Å². The van der Waals surface area contributed by atoms with Crippen LogP contribution < -0.4 is 5.32 Å². The predicted octanol–water partition coefficient (Wildman–Crippen LogP) is 4.29. The fourth-order valence-electron chi connectivity index (χ4n) is 1.51. The molecule has 1 N–H and O–H groups in total. The van der Waals surface area contributed by atoms with Crippen LogP contribution in [0.2, 0.25) is 0 Å². The Hall–Kier alpha value is -1.07. The second-order valence-electron chi connectivity index (χ2n) is 4.47. The molecule has 126 valence electrons. The maximum atomic E-state index is 13.2. The van der Waals surface area contributed by atoms with Crippen molar-refractivity contribution in [3.8, 4) is 0 Å². The number of aldehydes is 2. The maximum Gasteiger partial charge on any atom is 0.151 e. The van der Waals surface area contributed by atoms with E-state index >= 15 is 0 Å². The van der Waals surface area contributed by atoms with E-state index in [1.807, 2.05) is 13.8 Å². The molecule has 0 aliphatic heterocycles. The maximum absolute atomic E-state index is 13.2. The Morgan fingerprint density at radius 2 is 1.91 bits per heavy atom. The number of nitrogens with one attached hydrogen (secondary N) is 1. The Morgan fingerprint density at radius 1 is 1.32 bits per heavy atom. The Kier molecular flexibility index (Phi) is 15.7. The highest BCUT2D eigenvalue weighted by atomic mass is 79.9. The van der Waals surface area contributed by atoms with Gasteiger partial charge in [0.25, 0.3) is 0 Å². The van der Waals surface area contributed by atoms with E-state index in [4.69, 9.17) is 0 Å². The third kappa shape index (κ3) is 10.6. The molecule has 0 saturated heterocycles. The molecule has 0 bridgehead atoms. The van der Waals surface area contributed by atoms with Crippen LogP contribution >= 0.6 is 15.9 Å². The van der Waals surface area contributed by atoms with E-state index in [0.29, 0.717) is 28.7 Å². The molecule has 0 spiro atoms. The molecule has 0 fully saturated rings. The molecule has 1 aliphatic carbocycles. The highest BCUT2D eigenvalue weighted by Crippen LogP contribution is 2.24. The van der Waals surface area contributed by atoms with Gasteiger partial charge in [-0.15, -0.1) is 0 Å². The zero-order chi connectivity index (χ0) is 17.5. The summed E-state index contributed by atoms with van der Waals surface area (Å²) in [7, 11) is 0. The van der Waals surface area contributed by atoms with Crippen LogP contribution in [-0.4, -0.2) is 31.3 Å². The lowest BCUT2D eigenvalue weighted by atomic mass is 10.0. The second kappa shape index (κ2) is 14.9. The predicted molar refractivity (Wildman–Crippen MR) is 95.0 cm³/mol. The van der Waals surface area contributed by atoms with Gasteiger partial charge in [0.2, 0.25) is 0 Å². The number of halogens is 2. The third-order valence-corrected chi connectivity index (χ3v) is 3.15. The van der Waals surface area contributed by atoms with Crippen LogP contribution in [-0.2, 0) is 9.59 Å². The summed E-state index contributed by atoms with van der Waals surface area (Å²) >= 11 is 3.03. The number of hydrogen-bond acceptors (Lipinski definition) is 3. The van der Waals surface area contributed by atoms with Crippen LogP contribution in [0.1, 0.15) is 41.0 Å². The minimum absolute atomic E-state index is 0.119. The molecule has 0 aromatic rings. The van der Waals surface area contributed by atoms with Gasteiger partial charge >= 0.3 is 0 Å². The molecule has 0 saturated carbocycles. The van der Waals surface area contributed by atoms with Crippen molar-refractivity contribution in [2.75, 3.05) is 6.54 Å². The minimum Gasteiger partial charge on any atom is -0.315 e. The van der Waals surface area contributed by atoms with Crippen LogP contribution in [0.25, 0.3) is 0 Å². The van der Waals surface area contributed by atoms with Crippen molar-refractivity contribution in [1.82, 2.24) is 5.32 Å². The first-order chi connectivity index (χ1) is 10.5. The van der Waals surface area contributed by atoms with E-state index < -0.39 is 6.17 Å². The van der Waals surface area contributed by atoms with Crippen LogP contribution in [0.5, 0.6) is 0 Å². The normalized spacial score (nSPS) is 16.7. The summed E-state index contributed by atoms with van der Waals surface area (Å²) in [6.45, 7) is 11.5. The fourth-order valence-corrected chi connectivity index (χ4v) is 1.78. The quantitative estimate of drug-likeness (QED) is 0.729. The van der Waals surface area contributed by atoms with Gasteiger partial charge in [0.05, 0.1) is 0 Å². The Bertz CT molecular complexity index is 415. The van der Waals surface area contributed by atoms with Gasteiger partial charge in [-0.25, -0.2) is 4.39 Å². The number of allylic oxidation sites excluding steroid dienone is 6. The van der Waals surface area contributed by atoms with E-state index in [1.165, 1.54) is 12.2 Å². The van der Waals surface area contributed by atoms with Gasteiger partial charge in [0.1, 0.15) is 12.6 Å². The summed E-state index contributed by atoms with van der Waals surface area (Å²) in [6.07, 6.45) is 4.31. The molecule has 1 unspecified atom stereocenters. The van der Waals surface area contributed by atoms with Gasteiger partial charge in [0.15, 0.2) is 6.17 Å². The van der Waals surface area contributed by atoms with Crippen molar-refractivity contribution >= 4 is 28.5 Å². The molecule has 3 nitrogen and oxygen atoms in total. The van der Waals surface area contributed by atoms with Crippen LogP contribution in [0.3, 0.4) is 0 Å². The molecule has 1 atom stereocenters. The molecule has 0 aromatic heterocycles. The first-order valence-electron chi connectivity index (χ1n) is 7.50. The Labute approximate surface area is 141 Å². The fraction of sp³-hybridized carbons (Fsp3) is 0.529. The van der Waals surface area contributed by atoms with Crippen molar-refractivity contribution in [2.45, 2.75) is 53.3 Å². The molecule has 0 aromatic carbocycles. The molecule has 1 aliphatic rings. The van der Waals surface area contributed by atoms with Crippen LogP contribution in [0.4, 0.5) is 4.39 Å². The van der Waals surface area contributed by atoms with E-state index in [-0.39, 0.29) is 12.0 Å². The SMILES string of the molecule is CC.CCNC(C)C.O=CCC1=CC=C(Br)C(F)C=C1C=O. The molecule has 22 heavy (non-hydrogen) atoms.